The fourth-order valence-electron chi connectivity index (χ4n) is 2.49. The lowest BCUT2D eigenvalue weighted by molar-refractivity contribution is -0.0168. The van der Waals surface area contributed by atoms with Gasteiger partial charge in [0.05, 0.1) is 12.7 Å². The highest BCUT2D eigenvalue weighted by molar-refractivity contribution is 6.05. The largest absolute Gasteiger partial charge is 0.373 e. The number of rotatable bonds is 2. The highest BCUT2D eigenvalue weighted by Gasteiger charge is 2.25. The second-order valence-corrected chi connectivity index (χ2v) is 4.86. The van der Waals surface area contributed by atoms with Crippen LogP contribution in [-0.2, 0) is 4.74 Å². The third kappa shape index (κ3) is 2.37. The zero-order chi connectivity index (χ0) is 13.9. The summed E-state index contributed by atoms with van der Waals surface area (Å²) in [4.78, 5) is 18.7. The zero-order valence-corrected chi connectivity index (χ0v) is 11.2. The molecular formula is C15H17N3O2. The average molecular weight is 271 g/mol. The fourth-order valence-corrected chi connectivity index (χ4v) is 2.49. The molecule has 1 amide bonds. The zero-order valence-electron chi connectivity index (χ0n) is 11.2. The number of aromatic nitrogens is 1. The van der Waals surface area contributed by atoms with Gasteiger partial charge in [-0.3, -0.25) is 9.78 Å². The van der Waals surface area contributed by atoms with Gasteiger partial charge in [-0.1, -0.05) is 24.3 Å². The topological polar surface area (TPSA) is 68.5 Å². The molecule has 2 aromatic rings. The maximum absolute atomic E-state index is 12.6. The van der Waals surface area contributed by atoms with E-state index in [4.69, 9.17) is 10.5 Å². The van der Waals surface area contributed by atoms with Gasteiger partial charge in [0.25, 0.3) is 5.91 Å². The number of hydrogen-bond acceptors (Lipinski definition) is 4. The van der Waals surface area contributed by atoms with Crippen LogP contribution in [0.1, 0.15) is 10.5 Å². The van der Waals surface area contributed by atoms with Gasteiger partial charge in [-0.05, 0) is 11.5 Å². The van der Waals surface area contributed by atoms with Gasteiger partial charge < -0.3 is 15.4 Å². The number of fused-ring (bicyclic) bond motifs is 1. The molecule has 104 valence electrons. The minimum absolute atomic E-state index is 0.0523. The van der Waals surface area contributed by atoms with Gasteiger partial charge in [-0.2, -0.15) is 0 Å². The summed E-state index contributed by atoms with van der Waals surface area (Å²) in [6, 6.07) is 9.69. The summed E-state index contributed by atoms with van der Waals surface area (Å²) in [5, 5.41) is 1.91. The van der Waals surface area contributed by atoms with Crippen LogP contribution in [0.4, 0.5) is 0 Å². The normalized spacial score (nSPS) is 19.2. The van der Waals surface area contributed by atoms with E-state index in [2.05, 4.69) is 4.98 Å². The number of carbonyl (C=O) groups is 1. The minimum Gasteiger partial charge on any atom is -0.373 e. The molecule has 2 N–H and O–H groups in total. The number of pyridine rings is 1. The molecule has 0 aliphatic carbocycles. The predicted molar refractivity (Wildman–Crippen MR) is 76.4 cm³/mol. The number of carbonyl (C=O) groups excluding carboxylic acids is 1. The molecule has 1 aromatic heterocycles. The van der Waals surface area contributed by atoms with Crippen molar-refractivity contribution in [2.75, 3.05) is 26.2 Å². The number of morpholine rings is 1. The average Bonchev–Trinajstić information content (AvgIpc) is 2.53. The van der Waals surface area contributed by atoms with Crippen molar-refractivity contribution >= 4 is 16.7 Å². The second-order valence-electron chi connectivity index (χ2n) is 4.86. The standard InChI is InChI=1S/C15H17N3O2/c16-9-12-10-18(7-8-20-12)15(19)14-13-4-2-1-3-11(13)5-6-17-14/h1-6,12H,7-10,16H2. The molecule has 2 heterocycles. The summed E-state index contributed by atoms with van der Waals surface area (Å²) >= 11 is 0. The van der Waals surface area contributed by atoms with Crippen LogP contribution in [0.3, 0.4) is 0 Å². The first-order valence-corrected chi connectivity index (χ1v) is 6.74. The first kappa shape index (κ1) is 13.0. The molecule has 0 spiro atoms. The van der Waals surface area contributed by atoms with Crippen LogP contribution in [0.2, 0.25) is 0 Å². The summed E-state index contributed by atoms with van der Waals surface area (Å²) in [5.41, 5.74) is 6.12. The number of amides is 1. The Bertz CT molecular complexity index is 624. The Morgan fingerprint density at radius 2 is 2.25 bits per heavy atom. The molecule has 1 saturated heterocycles. The van der Waals surface area contributed by atoms with E-state index in [1.54, 1.807) is 11.1 Å². The third-order valence-corrected chi connectivity index (χ3v) is 3.57. The Morgan fingerprint density at radius 1 is 1.40 bits per heavy atom. The SMILES string of the molecule is NCC1CN(C(=O)c2nccc3ccccc23)CCO1. The molecule has 1 unspecified atom stereocenters. The Morgan fingerprint density at radius 3 is 3.10 bits per heavy atom. The fraction of sp³-hybridized carbons (Fsp3) is 0.333. The van der Waals surface area contributed by atoms with Gasteiger partial charge in [0, 0.05) is 31.2 Å². The quantitative estimate of drug-likeness (QED) is 0.886. The maximum atomic E-state index is 12.6. The number of nitrogens with two attached hydrogens (primary N) is 1. The molecule has 1 fully saturated rings. The molecule has 0 saturated carbocycles. The minimum atomic E-state index is -0.0809. The Balaban J connectivity index is 1.92. The van der Waals surface area contributed by atoms with Crippen molar-refractivity contribution in [2.24, 2.45) is 5.73 Å². The van der Waals surface area contributed by atoms with E-state index in [0.29, 0.717) is 31.9 Å². The third-order valence-electron chi connectivity index (χ3n) is 3.57. The van der Waals surface area contributed by atoms with Crippen LogP contribution in [0.25, 0.3) is 10.8 Å². The molecule has 1 aromatic carbocycles. The van der Waals surface area contributed by atoms with Crippen LogP contribution in [0.5, 0.6) is 0 Å². The van der Waals surface area contributed by atoms with Crippen LogP contribution < -0.4 is 5.73 Å². The van der Waals surface area contributed by atoms with E-state index in [9.17, 15) is 4.79 Å². The summed E-state index contributed by atoms with van der Waals surface area (Å²) in [5.74, 6) is -0.0523. The van der Waals surface area contributed by atoms with Gasteiger partial charge in [0.1, 0.15) is 5.69 Å². The van der Waals surface area contributed by atoms with E-state index < -0.39 is 0 Å². The predicted octanol–water partition coefficient (Wildman–Crippen LogP) is 1.03. The molecule has 3 rings (SSSR count). The van der Waals surface area contributed by atoms with Crippen molar-refractivity contribution in [3.63, 3.8) is 0 Å². The highest BCUT2D eigenvalue weighted by atomic mass is 16.5. The lowest BCUT2D eigenvalue weighted by atomic mass is 10.1. The van der Waals surface area contributed by atoms with Crippen molar-refractivity contribution < 1.29 is 9.53 Å². The number of hydrogen-bond donors (Lipinski definition) is 1. The number of nitrogens with zero attached hydrogens (tertiary/aromatic N) is 2. The van der Waals surface area contributed by atoms with Crippen LogP contribution in [-0.4, -0.2) is 48.1 Å². The lowest BCUT2D eigenvalue weighted by Crippen LogP contribution is -2.48. The second kappa shape index (κ2) is 5.56. The molecule has 0 bridgehead atoms. The van der Waals surface area contributed by atoms with Crippen molar-refractivity contribution in [3.05, 3.63) is 42.2 Å². The Kier molecular flexibility index (Phi) is 3.62. The van der Waals surface area contributed by atoms with Crippen molar-refractivity contribution in [2.45, 2.75) is 6.10 Å². The number of benzene rings is 1. The summed E-state index contributed by atoms with van der Waals surface area (Å²) in [6.07, 6.45) is 1.60. The van der Waals surface area contributed by atoms with Gasteiger partial charge in [-0.25, -0.2) is 0 Å². The molecule has 5 nitrogen and oxygen atoms in total. The molecule has 1 atom stereocenters. The van der Waals surface area contributed by atoms with E-state index in [1.165, 1.54) is 0 Å². The van der Waals surface area contributed by atoms with Gasteiger partial charge in [0.15, 0.2) is 0 Å². The Hall–Kier alpha value is -1.98. The van der Waals surface area contributed by atoms with Crippen LogP contribution >= 0.6 is 0 Å². The molecule has 1 aliphatic heterocycles. The maximum Gasteiger partial charge on any atom is 0.273 e. The van der Waals surface area contributed by atoms with Crippen LogP contribution in [0, 0.1) is 0 Å². The summed E-state index contributed by atoms with van der Waals surface area (Å²) < 4.78 is 5.49. The Labute approximate surface area is 117 Å². The van der Waals surface area contributed by atoms with Crippen molar-refractivity contribution in [1.82, 2.24) is 9.88 Å². The monoisotopic (exact) mass is 271 g/mol. The molecule has 20 heavy (non-hydrogen) atoms. The first-order chi connectivity index (χ1) is 9.79. The first-order valence-electron chi connectivity index (χ1n) is 6.74. The molecule has 0 radical (unpaired) electrons. The van der Waals surface area contributed by atoms with Gasteiger partial charge in [-0.15, -0.1) is 0 Å². The van der Waals surface area contributed by atoms with E-state index >= 15 is 0 Å². The van der Waals surface area contributed by atoms with Gasteiger partial charge >= 0.3 is 0 Å². The summed E-state index contributed by atoms with van der Waals surface area (Å²) in [6.45, 7) is 2.06. The molecule has 1 aliphatic rings. The smallest absolute Gasteiger partial charge is 0.273 e. The van der Waals surface area contributed by atoms with E-state index in [-0.39, 0.29) is 12.0 Å². The number of ether oxygens (including phenoxy) is 1. The lowest BCUT2D eigenvalue weighted by Gasteiger charge is -2.32. The summed E-state index contributed by atoms with van der Waals surface area (Å²) in [7, 11) is 0. The van der Waals surface area contributed by atoms with Crippen molar-refractivity contribution in [1.29, 1.82) is 0 Å². The highest BCUT2D eigenvalue weighted by Crippen LogP contribution is 2.18. The molecule has 5 heteroatoms. The molecular weight excluding hydrogens is 254 g/mol. The van der Waals surface area contributed by atoms with E-state index in [1.807, 2.05) is 30.3 Å². The van der Waals surface area contributed by atoms with Crippen molar-refractivity contribution in [3.8, 4) is 0 Å². The van der Waals surface area contributed by atoms with Gasteiger partial charge in [0.2, 0.25) is 0 Å². The van der Waals surface area contributed by atoms with E-state index in [0.717, 1.165) is 10.8 Å². The van der Waals surface area contributed by atoms with Crippen LogP contribution in [0.15, 0.2) is 36.5 Å².